The van der Waals surface area contributed by atoms with Gasteiger partial charge in [0.2, 0.25) is 0 Å². The van der Waals surface area contributed by atoms with Gasteiger partial charge in [-0.3, -0.25) is 9.48 Å². The fraction of sp³-hybridized carbons (Fsp3) is 0.238. The first-order valence-electron chi connectivity index (χ1n) is 8.97. The van der Waals surface area contributed by atoms with Crippen LogP contribution in [0, 0.1) is 0 Å². The molecule has 2 aromatic carbocycles. The van der Waals surface area contributed by atoms with E-state index in [4.69, 9.17) is 21.1 Å². The Morgan fingerprint density at radius 1 is 1.29 bits per heavy atom. The molecule has 1 amide bonds. The summed E-state index contributed by atoms with van der Waals surface area (Å²) in [5.74, 6) is 0.544. The van der Waals surface area contributed by atoms with E-state index < -0.39 is 0 Å². The number of halogens is 1. The third-order valence-corrected chi connectivity index (χ3v) is 4.95. The van der Waals surface area contributed by atoms with Crippen molar-refractivity contribution in [2.75, 3.05) is 7.11 Å². The highest BCUT2D eigenvalue weighted by Gasteiger charge is 2.24. The van der Waals surface area contributed by atoms with Crippen LogP contribution < -0.4 is 10.1 Å². The van der Waals surface area contributed by atoms with Crippen LogP contribution in [-0.2, 0) is 24.4 Å². The molecular weight excluding hydrogens is 378 g/mol. The number of carbonyl (C=O) groups excluding carboxylic acids is 1. The van der Waals surface area contributed by atoms with Crippen LogP contribution in [0.4, 0.5) is 0 Å². The summed E-state index contributed by atoms with van der Waals surface area (Å²) in [4.78, 5) is 12.5. The maximum absolute atomic E-state index is 12.5. The number of hydrogen-bond donors (Lipinski definition) is 1. The van der Waals surface area contributed by atoms with Crippen LogP contribution in [0.2, 0.25) is 5.02 Å². The number of hydrogen-bond acceptors (Lipinski definition) is 4. The number of nitrogens with zero attached hydrogens (tertiary/aromatic N) is 2. The van der Waals surface area contributed by atoms with Crippen LogP contribution in [-0.4, -0.2) is 22.8 Å². The molecular formula is C21H20ClN3O3. The minimum Gasteiger partial charge on any atom is -0.497 e. The van der Waals surface area contributed by atoms with Crippen molar-refractivity contribution in [3.05, 3.63) is 82.1 Å². The van der Waals surface area contributed by atoms with Gasteiger partial charge in [-0.25, -0.2) is 0 Å². The molecule has 1 aliphatic heterocycles. The fourth-order valence-corrected chi connectivity index (χ4v) is 3.30. The summed E-state index contributed by atoms with van der Waals surface area (Å²) < 4.78 is 13.0. The van der Waals surface area contributed by atoms with Crippen molar-refractivity contribution in [3.63, 3.8) is 0 Å². The molecule has 0 fully saturated rings. The highest BCUT2D eigenvalue weighted by molar-refractivity contribution is 6.30. The maximum Gasteiger partial charge on any atom is 0.272 e. The van der Waals surface area contributed by atoms with Crippen molar-refractivity contribution < 1.29 is 14.3 Å². The molecule has 0 saturated heterocycles. The summed E-state index contributed by atoms with van der Waals surface area (Å²) in [5, 5.41) is 8.05. The number of nitrogens with one attached hydrogen (secondary N) is 1. The summed E-state index contributed by atoms with van der Waals surface area (Å²) in [6.45, 7) is 1.37. The first-order valence-corrected chi connectivity index (χ1v) is 9.35. The summed E-state index contributed by atoms with van der Waals surface area (Å²) >= 11 is 5.95. The lowest BCUT2D eigenvalue weighted by Gasteiger charge is -2.24. The Morgan fingerprint density at radius 3 is 2.89 bits per heavy atom. The van der Waals surface area contributed by atoms with Crippen LogP contribution in [0.3, 0.4) is 0 Å². The highest BCUT2D eigenvalue weighted by Crippen LogP contribution is 2.27. The minimum atomic E-state index is -0.215. The van der Waals surface area contributed by atoms with Gasteiger partial charge < -0.3 is 14.8 Å². The van der Waals surface area contributed by atoms with Gasteiger partial charge in [-0.1, -0.05) is 35.9 Å². The highest BCUT2D eigenvalue weighted by atomic mass is 35.5. The van der Waals surface area contributed by atoms with E-state index in [9.17, 15) is 4.79 Å². The normalized spacial score (nSPS) is 15.7. The molecule has 0 bridgehead atoms. The third kappa shape index (κ3) is 4.03. The van der Waals surface area contributed by atoms with Crippen LogP contribution >= 0.6 is 11.6 Å². The Hall–Kier alpha value is -2.83. The van der Waals surface area contributed by atoms with Gasteiger partial charge in [-0.15, -0.1) is 0 Å². The second-order valence-electron chi connectivity index (χ2n) is 6.59. The second kappa shape index (κ2) is 8.04. The molecule has 6 nitrogen and oxygen atoms in total. The lowest BCUT2D eigenvalue weighted by molar-refractivity contribution is -0.00119. The summed E-state index contributed by atoms with van der Waals surface area (Å²) in [5.41, 5.74) is 3.27. The van der Waals surface area contributed by atoms with E-state index in [1.807, 2.05) is 53.2 Å². The molecule has 1 N–H and O–H groups in total. The van der Waals surface area contributed by atoms with Gasteiger partial charge in [0.1, 0.15) is 11.9 Å². The number of carbonyl (C=O) groups is 1. The Balaban J connectivity index is 1.42. The number of rotatable bonds is 5. The van der Waals surface area contributed by atoms with Crippen molar-refractivity contribution in [2.24, 2.45) is 0 Å². The molecule has 1 unspecified atom stereocenters. The fourth-order valence-electron chi connectivity index (χ4n) is 3.17. The van der Waals surface area contributed by atoms with Crippen molar-refractivity contribution in [1.29, 1.82) is 0 Å². The SMILES string of the molecule is COc1cccc(CNC(=O)c2cc3n(n2)CC(c2ccc(Cl)cc2)OC3)c1. The van der Waals surface area contributed by atoms with Gasteiger partial charge in [-0.05, 0) is 41.5 Å². The van der Waals surface area contributed by atoms with Crippen molar-refractivity contribution in [3.8, 4) is 5.75 Å². The standard InChI is InChI=1S/C21H20ClN3O3/c1-27-18-4-2-3-14(9-18)11-23-21(26)19-10-17-13-28-20(12-25(17)24-19)15-5-7-16(22)8-6-15/h2-10,20H,11-13H2,1H3,(H,23,26). The maximum atomic E-state index is 12.5. The number of methoxy groups -OCH3 is 1. The summed E-state index contributed by atoms with van der Waals surface area (Å²) in [6.07, 6.45) is -0.114. The predicted octanol–water partition coefficient (Wildman–Crippen LogP) is 3.75. The van der Waals surface area contributed by atoms with E-state index in [-0.39, 0.29) is 12.0 Å². The van der Waals surface area contributed by atoms with Crippen molar-refractivity contribution >= 4 is 17.5 Å². The van der Waals surface area contributed by atoms with E-state index in [2.05, 4.69) is 10.4 Å². The van der Waals surface area contributed by atoms with E-state index in [1.165, 1.54) is 0 Å². The van der Waals surface area contributed by atoms with Crippen LogP contribution in [0.5, 0.6) is 5.75 Å². The Bertz CT molecular complexity index is 985. The largest absolute Gasteiger partial charge is 0.497 e. The molecule has 28 heavy (non-hydrogen) atoms. The van der Waals surface area contributed by atoms with Gasteiger partial charge in [-0.2, -0.15) is 5.10 Å². The van der Waals surface area contributed by atoms with Crippen LogP contribution in [0.25, 0.3) is 0 Å². The van der Waals surface area contributed by atoms with Crippen molar-refractivity contribution in [2.45, 2.75) is 25.8 Å². The third-order valence-electron chi connectivity index (χ3n) is 4.70. The Morgan fingerprint density at radius 2 is 2.11 bits per heavy atom. The number of benzene rings is 2. The number of fused-ring (bicyclic) bond motifs is 1. The molecule has 0 radical (unpaired) electrons. The molecule has 1 atom stereocenters. The average Bonchev–Trinajstić information content (AvgIpc) is 3.16. The number of ether oxygens (including phenoxy) is 2. The summed E-state index contributed by atoms with van der Waals surface area (Å²) in [6, 6.07) is 16.9. The van der Waals surface area contributed by atoms with E-state index >= 15 is 0 Å². The van der Waals surface area contributed by atoms with Gasteiger partial charge in [0.25, 0.3) is 5.91 Å². The lowest BCUT2D eigenvalue weighted by Crippen LogP contribution is -2.24. The van der Waals surface area contributed by atoms with Gasteiger partial charge in [0.15, 0.2) is 5.69 Å². The molecule has 144 valence electrons. The molecule has 1 aliphatic rings. The van der Waals surface area contributed by atoms with Gasteiger partial charge in [0, 0.05) is 11.6 Å². The topological polar surface area (TPSA) is 65.4 Å². The summed E-state index contributed by atoms with van der Waals surface area (Å²) in [7, 11) is 1.62. The zero-order chi connectivity index (χ0) is 19.5. The Kier molecular flexibility index (Phi) is 5.32. The second-order valence-corrected chi connectivity index (χ2v) is 7.02. The zero-order valence-electron chi connectivity index (χ0n) is 15.4. The molecule has 0 saturated carbocycles. The predicted molar refractivity (Wildman–Crippen MR) is 105 cm³/mol. The number of amides is 1. The zero-order valence-corrected chi connectivity index (χ0v) is 16.1. The lowest BCUT2D eigenvalue weighted by atomic mass is 10.1. The molecule has 1 aromatic heterocycles. The molecule has 2 heterocycles. The van der Waals surface area contributed by atoms with E-state index in [1.54, 1.807) is 13.2 Å². The molecule has 7 heteroatoms. The van der Waals surface area contributed by atoms with Gasteiger partial charge >= 0.3 is 0 Å². The first kappa shape index (κ1) is 18.5. The van der Waals surface area contributed by atoms with E-state index in [0.717, 1.165) is 22.6 Å². The van der Waals surface area contributed by atoms with Gasteiger partial charge in [0.05, 0.1) is 26.0 Å². The van der Waals surface area contributed by atoms with Crippen molar-refractivity contribution in [1.82, 2.24) is 15.1 Å². The monoisotopic (exact) mass is 397 g/mol. The van der Waals surface area contributed by atoms with Crippen LogP contribution in [0.15, 0.2) is 54.6 Å². The molecule has 3 aromatic rings. The smallest absolute Gasteiger partial charge is 0.272 e. The average molecular weight is 398 g/mol. The number of aromatic nitrogens is 2. The van der Waals surface area contributed by atoms with Crippen LogP contribution in [0.1, 0.15) is 33.4 Å². The first-order chi connectivity index (χ1) is 13.6. The molecule has 0 spiro atoms. The molecule has 0 aliphatic carbocycles. The quantitative estimate of drug-likeness (QED) is 0.712. The Labute approximate surface area is 168 Å². The minimum absolute atomic E-state index is 0.114. The van der Waals surface area contributed by atoms with E-state index in [0.29, 0.717) is 30.4 Å². The molecule has 4 rings (SSSR count).